The molecule has 2 rings (SSSR count). The van der Waals surface area contributed by atoms with Gasteiger partial charge in [-0.1, -0.05) is 11.6 Å². The molecule has 5 heteroatoms. The zero-order valence-electron chi connectivity index (χ0n) is 10.9. The van der Waals surface area contributed by atoms with Crippen LogP contribution in [-0.4, -0.2) is 38.6 Å². The number of aromatic nitrogens is 2. The summed E-state index contributed by atoms with van der Waals surface area (Å²) in [5.41, 5.74) is 1.15. The highest BCUT2D eigenvalue weighted by atomic mass is 35.5. The summed E-state index contributed by atoms with van der Waals surface area (Å²) in [4.78, 5) is 6.55. The zero-order valence-corrected chi connectivity index (χ0v) is 11.6. The van der Waals surface area contributed by atoms with Gasteiger partial charge in [0.1, 0.15) is 5.65 Å². The fourth-order valence-corrected chi connectivity index (χ4v) is 2.25. The lowest BCUT2D eigenvalue weighted by atomic mass is 10.1. The Morgan fingerprint density at radius 1 is 1.39 bits per heavy atom. The van der Waals surface area contributed by atoms with E-state index >= 15 is 0 Å². The molecule has 0 bridgehead atoms. The minimum absolute atomic E-state index is 0.599. The van der Waals surface area contributed by atoms with E-state index < -0.39 is 5.60 Å². The number of halogens is 1. The van der Waals surface area contributed by atoms with Crippen molar-refractivity contribution in [2.45, 2.75) is 26.0 Å². The smallest absolute Gasteiger partial charge is 0.137 e. The fourth-order valence-electron chi connectivity index (χ4n) is 2.09. The topological polar surface area (TPSA) is 40.8 Å². The number of rotatable bonds is 4. The second-order valence-electron chi connectivity index (χ2n) is 5.33. The Bertz CT molecular complexity index is 545. The van der Waals surface area contributed by atoms with E-state index in [0.29, 0.717) is 18.1 Å². The summed E-state index contributed by atoms with van der Waals surface area (Å²) in [6, 6.07) is 3.72. The van der Waals surface area contributed by atoms with Crippen LogP contribution in [0.25, 0.3) is 5.65 Å². The second kappa shape index (κ2) is 4.88. The molecule has 0 radical (unpaired) electrons. The maximum Gasteiger partial charge on any atom is 0.137 e. The molecule has 2 aromatic heterocycles. The van der Waals surface area contributed by atoms with Gasteiger partial charge in [-0.3, -0.25) is 4.90 Å². The third-order valence-corrected chi connectivity index (χ3v) is 2.78. The lowest BCUT2D eigenvalue weighted by Crippen LogP contribution is -2.35. The van der Waals surface area contributed by atoms with Gasteiger partial charge in [0.25, 0.3) is 0 Å². The van der Waals surface area contributed by atoms with Crippen LogP contribution in [0.3, 0.4) is 0 Å². The molecule has 4 nitrogen and oxygen atoms in total. The largest absolute Gasteiger partial charge is 0.389 e. The van der Waals surface area contributed by atoms with Gasteiger partial charge in [0.05, 0.1) is 16.3 Å². The van der Waals surface area contributed by atoms with Crippen molar-refractivity contribution in [3.63, 3.8) is 0 Å². The third kappa shape index (κ3) is 3.45. The predicted molar refractivity (Wildman–Crippen MR) is 72.8 cm³/mol. The van der Waals surface area contributed by atoms with Gasteiger partial charge in [-0.25, -0.2) is 4.98 Å². The molecule has 0 aliphatic carbocycles. The molecule has 0 fully saturated rings. The molecule has 0 aliphatic rings. The van der Waals surface area contributed by atoms with Crippen LogP contribution >= 0.6 is 11.6 Å². The molecule has 0 saturated carbocycles. The number of imidazole rings is 1. The van der Waals surface area contributed by atoms with Crippen LogP contribution < -0.4 is 0 Å². The van der Waals surface area contributed by atoms with Crippen molar-refractivity contribution >= 4 is 17.2 Å². The number of nitrogens with zero attached hydrogens (tertiary/aromatic N) is 3. The van der Waals surface area contributed by atoms with Crippen molar-refractivity contribution in [1.29, 1.82) is 0 Å². The van der Waals surface area contributed by atoms with Crippen LogP contribution in [0, 0.1) is 0 Å². The van der Waals surface area contributed by atoms with Gasteiger partial charge >= 0.3 is 0 Å². The molecule has 0 saturated heterocycles. The molecule has 0 spiro atoms. The minimum Gasteiger partial charge on any atom is -0.389 e. The normalized spacial score (nSPS) is 12.6. The third-order valence-electron chi connectivity index (χ3n) is 2.55. The predicted octanol–water partition coefficient (Wildman–Crippen LogP) is 2.19. The van der Waals surface area contributed by atoms with E-state index in [1.807, 2.05) is 40.9 Å². The SMILES string of the molecule is CN(Cc1cn2cc(Cl)ccc2n1)CC(C)(C)O. The molecule has 0 amide bonds. The van der Waals surface area contributed by atoms with Gasteiger partial charge in [-0.2, -0.15) is 0 Å². The summed E-state index contributed by atoms with van der Waals surface area (Å²) in [7, 11) is 1.97. The summed E-state index contributed by atoms with van der Waals surface area (Å²) in [6.07, 6.45) is 3.80. The van der Waals surface area contributed by atoms with Crippen LogP contribution in [0.5, 0.6) is 0 Å². The van der Waals surface area contributed by atoms with E-state index in [0.717, 1.165) is 11.3 Å². The average Bonchev–Trinajstić information content (AvgIpc) is 2.55. The molecule has 0 atom stereocenters. The number of pyridine rings is 1. The van der Waals surface area contributed by atoms with E-state index in [-0.39, 0.29) is 0 Å². The van der Waals surface area contributed by atoms with Crippen LogP contribution in [0.2, 0.25) is 5.02 Å². The molecule has 2 heterocycles. The van der Waals surface area contributed by atoms with Gasteiger partial charge < -0.3 is 9.51 Å². The van der Waals surface area contributed by atoms with Crippen molar-refractivity contribution < 1.29 is 5.11 Å². The van der Waals surface area contributed by atoms with E-state index in [1.165, 1.54) is 0 Å². The highest BCUT2D eigenvalue weighted by Gasteiger charge is 2.16. The summed E-state index contributed by atoms with van der Waals surface area (Å²) in [5.74, 6) is 0. The van der Waals surface area contributed by atoms with Crippen LogP contribution in [0.15, 0.2) is 24.5 Å². The lowest BCUT2D eigenvalue weighted by molar-refractivity contribution is 0.0422. The van der Waals surface area contributed by atoms with E-state index in [2.05, 4.69) is 4.98 Å². The van der Waals surface area contributed by atoms with E-state index in [4.69, 9.17) is 11.6 Å². The maximum atomic E-state index is 9.76. The number of aliphatic hydroxyl groups is 1. The standard InChI is InChI=1S/C13H18ClN3O/c1-13(2,18)9-16(3)7-11-8-17-6-10(14)4-5-12(17)15-11/h4-6,8,18H,7,9H2,1-3H3. The molecule has 0 aliphatic heterocycles. The lowest BCUT2D eigenvalue weighted by Gasteiger charge is -2.24. The molecule has 1 N–H and O–H groups in total. The highest BCUT2D eigenvalue weighted by Crippen LogP contribution is 2.13. The van der Waals surface area contributed by atoms with Crippen molar-refractivity contribution in [1.82, 2.24) is 14.3 Å². The molecule has 0 unspecified atom stereocenters. The summed E-state index contributed by atoms with van der Waals surface area (Å²) < 4.78 is 1.91. The molecule has 98 valence electrons. The quantitative estimate of drug-likeness (QED) is 0.923. The Kier molecular flexibility index (Phi) is 3.61. The molecule has 0 aromatic carbocycles. The first-order valence-electron chi connectivity index (χ1n) is 5.87. The number of hydrogen-bond acceptors (Lipinski definition) is 3. The molecular formula is C13H18ClN3O. The number of hydrogen-bond donors (Lipinski definition) is 1. The fraction of sp³-hybridized carbons (Fsp3) is 0.462. The molecular weight excluding hydrogens is 250 g/mol. The van der Waals surface area contributed by atoms with E-state index in [1.54, 1.807) is 13.8 Å². The van der Waals surface area contributed by atoms with Gasteiger partial charge in [0, 0.05) is 25.5 Å². The second-order valence-corrected chi connectivity index (χ2v) is 5.77. The highest BCUT2D eigenvalue weighted by molar-refractivity contribution is 6.30. The number of fused-ring (bicyclic) bond motifs is 1. The van der Waals surface area contributed by atoms with Gasteiger partial charge in [0.2, 0.25) is 0 Å². The van der Waals surface area contributed by atoms with E-state index in [9.17, 15) is 5.11 Å². The Morgan fingerprint density at radius 3 is 2.78 bits per heavy atom. The van der Waals surface area contributed by atoms with Crippen molar-refractivity contribution in [2.75, 3.05) is 13.6 Å². The summed E-state index contributed by atoms with van der Waals surface area (Å²) in [5, 5.41) is 10.4. The van der Waals surface area contributed by atoms with Crippen LogP contribution in [0.1, 0.15) is 19.5 Å². The van der Waals surface area contributed by atoms with Crippen LogP contribution in [0.4, 0.5) is 0 Å². The van der Waals surface area contributed by atoms with Crippen molar-refractivity contribution in [3.8, 4) is 0 Å². The van der Waals surface area contributed by atoms with Gasteiger partial charge in [-0.15, -0.1) is 0 Å². The Balaban J connectivity index is 2.12. The zero-order chi connectivity index (χ0) is 13.3. The monoisotopic (exact) mass is 267 g/mol. The molecule has 18 heavy (non-hydrogen) atoms. The number of likely N-dealkylation sites (N-methyl/N-ethyl adjacent to an activating group) is 1. The van der Waals surface area contributed by atoms with Crippen molar-refractivity contribution in [2.24, 2.45) is 0 Å². The minimum atomic E-state index is -0.697. The van der Waals surface area contributed by atoms with Gasteiger partial charge in [-0.05, 0) is 33.0 Å². The Morgan fingerprint density at radius 2 is 2.11 bits per heavy atom. The first kappa shape index (κ1) is 13.3. The maximum absolute atomic E-state index is 9.76. The summed E-state index contributed by atoms with van der Waals surface area (Å²) in [6.45, 7) is 4.89. The Hall–Kier alpha value is -1.10. The molecule has 2 aromatic rings. The summed E-state index contributed by atoms with van der Waals surface area (Å²) >= 11 is 5.93. The van der Waals surface area contributed by atoms with Crippen LogP contribution in [-0.2, 0) is 6.54 Å². The first-order chi connectivity index (χ1) is 8.33. The average molecular weight is 268 g/mol. The van der Waals surface area contributed by atoms with Gasteiger partial charge in [0.15, 0.2) is 0 Å². The Labute approximate surface area is 112 Å². The van der Waals surface area contributed by atoms with Crippen molar-refractivity contribution in [3.05, 3.63) is 35.2 Å². The first-order valence-corrected chi connectivity index (χ1v) is 6.25.